The lowest BCUT2D eigenvalue weighted by Gasteiger charge is -1.96. The van der Waals surface area contributed by atoms with E-state index < -0.39 is 0 Å². The van der Waals surface area contributed by atoms with E-state index in [9.17, 15) is 9.59 Å². The number of carbonyl (C=O) groups excluding carboxylic acids is 2. The number of amides is 1. The number of ketones is 1. The topological polar surface area (TPSA) is 46.2 Å². The van der Waals surface area contributed by atoms with E-state index in [0.717, 1.165) is 24.3 Å². The minimum absolute atomic E-state index is 0.0378. The molecule has 0 radical (unpaired) electrons. The third-order valence-electron chi connectivity index (χ3n) is 2.27. The van der Waals surface area contributed by atoms with E-state index in [4.69, 9.17) is 0 Å². The molecule has 1 aliphatic rings. The first-order chi connectivity index (χ1) is 6.68. The van der Waals surface area contributed by atoms with Gasteiger partial charge in [0.05, 0.1) is 10.4 Å². The quantitative estimate of drug-likeness (QED) is 0.714. The first-order valence-electron chi connectivity index (χ1n) is 4.60. The molecule has 0 aliphatic carbocycles. The normalized spacial score (nSPS) is 15.6. The highest BCUT2D eigenvalue weighted by atomic mass is 32.1. The second-order valence-corrected chi connectivity index (χ2v) is 4.50. The molecule has 2 heterocycles. The Hall–Kier alpha value is -1.16. The van der Waals surface area contributed by atoms with E-state index in [1.54, 1.807) is 6.07 Å². The fourth-order valence-electron chi connectivity index (χ4n) is 1.53. The van der Waals surface area contributed by atoms with E-state index >= 15 is 0 Å². The molecule has 1 N–H and O–H groups in total. The number of hydrogen-bond acceptors (Lipinski definition) is 3. The third-order valence-corrected chi connectivity index (χ3v) is 3.56. The van der Waals surface area contributed by atoms with Gasteiger partial charge < -0.3 is 5.32 Å². The molecular weight excluding hydrogens is 198 g/mol. The summed E-state index contributed by atoms with van der Waals surface area (Å²) in [6, 6.07) is 1.71. The zero-order chi connectivity index (χ0) is 10.1. The molecule has 0 spiro atoms. The van der Waals surface area contributed by atoms with Crippen LogP contribution in [0.25, 0.3) is 0 Å². The van der Waals surface area contributed by atoms with Crippen LogP contribution in [-0.4, -0.2) is 18.2 Å². The Kier molecular flexibility index (Phi) is 2.37. The van der Waals surface area contributed by atoms with Crippen LogP contribution < -0.4 is 5.32 Å². The van der Waals surface area contributed by atoms with Gasteiger partial charge in [0, 0.05) is 11.4 Å². The van der Waals surface area contributed by atoms with Gasteiger partial charge in [0.25, 0.3) is 5.91 Å². The van der Waals surface area contributed by atoms with Gasteiger partial charge in [0.2, 0.25) is 0 Å². The summed E-state index contributed by atoms with van der Waals surface area (Å²) in [4.78, 5) is 24.4. The van der Waals surface area contributed by atoms with Gasteiger partial charge in [-0.2, -0.15) is 0 Å². The average Bonchev–Trinajstić information content (AvgIpc) is 2.49. The van der Waals surface area contributed by atoms with Gasteiger partial charge in [-0.05, 0) is 25.8 Å². The van der Waals surface area contributed by atoms with Gasteiger partial charge in [-0.3, -0.25) is 9.59 Å². The minimum Gasteiger partial charge on any atom is -0.352 e. The van der Waals surface area contributed by atoms with Gasteiger partial charge >= 0.3 is 0 Å². The SMILES string of the molecule is CC(=O)c1cc2c(s1)CCCNC2=O. The molecule has 0 bridgehead atoms. The molecule has 74 valence electrons. The standard InChI is InChI=1S/C10H11NO2S/c1-6(12)9-5-7-8(14-9)3-2-4-11-10(7)13/h5H,2-4H2,1H3,(H,11,13). The smallest absolute Gasteiger partial charge is 0.252 e. The molecule has 0 atom stereocenters. The highest BCUT2D eigenvalue weighted by molar-refractivity contribution is 7.14. The predicted molar refractivity (Wildman–Crippen MR) is 55.0 cm³/mol. The van der Waals surface area contributed by atoms with Crippen molar-refractivity contribution in [3.8, 4) is 0 Å². The van der Waals surface area contributed by atoms with Gasteiger partial charge in [0.15, 0.2) is 5.78 Å². The molecule has 1 aromatic heterocycles. The highest BCUT2D eigenvalue weighted by Crippen LogP contribution is 2.25. The lowest BCUT2D eigenvalue weighted by molar-refractivity contribution is 0.0956. The molecule has 0 fully saturated rings. The molecule has 2 rings (SSSR count). The summed E-state index contributed by atoms with van der Waals surface area (Å²) in [6.07, 6.45) is 1.85. The molecule has 3 nitrogen and oxygen atoms in total. The monoisotopic (exact) mass is 209 g/mol. The Bertz CT molecular complexity index is 395. The zero-order valence-electron chi connectivity index (χ0n) is 7.92. The largest absolute Gasteiger partial charge is 0.352 e. The molecule has 0 saturated carbocycles. The summed E-state index contributed by atoms with van der Waals surface area (Å²) in [5.41, 5.74) is 0.692. The molecule has 1 amide bonds. The number of fused-ring (bicyclic) bond motifs is 1. The highest BCUT2D eigenvalue weighted by Gasteiger charge is 2.19. The van der Waals surface area contributed by atoms with E-state index in [2.05, 4.69) is 5.32 Å². The van der Waals surface area contributed by atoms with Crippen LogP contribution in [0.3, 0.4) is 0 Å². The minimum atomic E-state index is -0.0405. The van der Waals surface area contributed by atoms with Crippen LogP contribution in [0, 0.1) is 0 Å². The number of Topliss-reactive ketones (excluding diaryl/α,β-unsaturated/α-hetero) is 1. The van der Waals surface area contributed by atoms with Crippen LogP contribution in [0.15, 0.2) is 6.07 Å². The van der Waals surface area contributed by atoms with Crippen molar-refractivity contribution >= 4 is 23.0 Å². The van der Waals surface area contributed by atoms with Crippen LogP contribution in [0.1, 0.15) is 38.3 Å². The predicted octanol–water partition coefficient (Wildman–Crippen LogP) is 1.63. The van der Waals surface area contributed by atoms with Crippen molar-refractivity contribution in [3.05, 3.63) is 21.4 Å². The lowest BCUT2D eigenvalue weighted by atomic mass is 10.2. The van der Waals surface area contributed by atoms with Crippen molar-refractivity contribution < 1.29 is 9.59 Å². The molecule has 0 saturated heterocycles. The summed E-state index contributed by atoms with van der Waals surface area (Å²) in [5, 5.41) is 2.81. The number of nitrogens with one attached hydrogen (secondary N) is 1. The van der Waals surface area contributed by atoms with E-state index in [1.807, 2.05) is 0 Å². The first kappa shape index (κ1) is 9.40. The summed E-state index contributed by atoms with van der Waals surface area (Å²) in [6.45, 7) is 2.26. The maximum Gasteiger partial charge on any atom is 0.252 e. The third kappa shape index (κ3) is 1.57. The molecular formula is C10H11NO2S. The van der Waals surface area contributed by atoms with Crippen molar-refractivity contribution in [2.24, 2.45) is 0 Å². The van der Waals surface area contributed by atoms with Crippen LogP contribution in [-0.2, 0) is 6.42 Å². The summed E-state index contributed by atoms with van der Waals surface area (Å²) in [7, 11) is 0. The second-order valence-electron chi connectivity index (χ2n) is 3.36. The van der Waals surface area contributed by atoms with E-state index in [1.165, 1.54) is 18.3 Å². The van der Waals surface area contributed by atoms with Crippen molar-refractivity contribution in [2.75, 3.05) is 6.54 Å². The van der Waals surface area contributed by atoms with Crippen LogP contribution in [0.2, 0.25) is 0 Å². The Morgan fingerprint density at radius 3 is 3.07 bits per heavy atom. The lowest BCUT2D eigenvalue weighted by Crippen LogP contribution is -2.22. The Morgan fingerprint density at radius 2 is 2.36 bits per heavy atom. The molecule has 1 aliphatic heterocycles. The molecule has 14 heavy (non-hydrogen) atoms. The van der Waals surface area contributed by atoms with E-state index in [0.29, 0.717) is 10.4 Å². The van der Waals surface area contributed by atoms with Gasteiger partial charge in [-0.1, -0.05) is 0 Å². The summed E-state index contributed by atoms with van der Waals surface area (Å²) in [5.74, 6) is -0.00266. The molecule has 0 aromatic carbocycles. The fraction of sp³-hybridized carbons (Fsp3) is 0.400. The van der Waals surface area contributed by atoms with Crippen LogP contribution in [0.5, 0.6) is 0 Å². The van der Waals surface area contributed by atoms with E-state index in [-0.39, 0.29) is 11.7 Å². The number of hydrogen-bond donors (Lipinski definition) is 1. The number of thiophene rings is 1. The Labute approximate surface area is 86.1 Å². The first-order valence-corrected chi connectivity index (χ1v) is 5.42. The van der Waals surface area contributed by atoms with Gasteiger partial charge in [-0.25, -0.2) is 0 Å². The Morgan fingerprint density at radius 1 is 1.57 bits per heavy atom. The average molecular weight is 209 g/mol. The van der Waals surface area contributed by atoms with Crippen LogP contribution in [0.4, 0.5) is 0 Å². The molecule has 1 aromatic rings. The zero-order valence-corrected chi connectivity index (χ0v) is 8.74. The van der Waals surface area contributed by atoms with Crippen LogP contribution >= 0.6 is 11.3 Å². The molecule has 0 unspecified atom stereocenters. The second kappa shape index (κ2) is 3.53. The maximum atomic E-state index is 11.5. The van der Waals surface area contributed by atoms with Gasteiger partial charge in [-0.15, -0.1) is 11.3 Å². The Balaban J connectivity index is 2.44. The number of aryl methyl sites for hydroxylation is 1. The summed E-state index contributed by atoms with van der Waals surface area (Å²) < 4.78 is 0. The molecule has 4 heteroatoms. The van der Waals surface area contributed by atoms with Crippen molar-refractivity contribution in [1.82, 2.24) is 5.32 Å². The number of rotatable bonds is 1. The van der Waals surface area contributed by atoms with Crippen molar-refractivity contribution in [2.45, 2.75) is 19.8 Å². The number of carbonyl (C=O) groups is 2. The fourth-order valence-corrected chi connectivity index (χ4v) is 2.62. The summed E-state index contributed by atoms with van der Waals surface area (Å²) >= 11 is 1.45. The maximum absolute atomic E-state index is 11.5. The van der Waals surface area contributed by atoms with Crippen molar-refractivity contribution in [3.63, 3.8) is 0 Å². The van der Waals surface area contributed by atoms with Gasteiger partial charge in [0.1, 0.15) is 0 Å². The van der Waals surface area contributed by atoms with Crippen molar-refractivity contribution in [1.29, 1.82) is 0 Å².